The molecule has 0 radical (unpaired) electrons. The van der Waals surface area contributed by atoms with Crippen molar-refractivity contribution in [1.82, 2.24) is 9.71 Å². The number of hydrogen-bond acceptors (Lipinski definition) is 4. The Labute approximate surface area is 102 Å². The Bertz CT molecular complexity index is 446. The summed E-state index contributed by atoms with van der Waals surface area (Å²) in [7, 11) is -3.52. The van der Waals surface area contributed by atoms with Crippen LogP contribution < -0.4 is 10.5 Å². The van der Waals surface area contributed by atoms with Crippen LogP contribution in [0.15, 0.2) is 23.4 Å². The van der Waals surface area contributed by atoms with Gasteiger partial charge in [-0.25, -0.2) is 13.1 Å². The Kier molecular flexibility index (Phi) is 5.37. The molecule has 3 N–H and O–H groups in total. The maximum Gasteiger partial charge on any atom is 0.244 e. The van der Waals surface area contributed by atoms with Crippen molar-refractivity contribution in [3.63, 3.8) is 0 Å². The van der Waals surface area contributed by atoms with Gasteiger partial charge in [-0.3, -0.25) is 4.98 Å². The van der Waals surface area contributed by atoms with Gasteiger partial charge in [0, 0.05) is 18.9 Å². The number of hydrogen-bond donors (Lipinski definition) is 2. The molecule has 0 spiro atoms. The fraction of sp³-hybridized carbons (Fsp3) is 0.545. The summed E-state index contributed by atoms with van der Waals surface area (Å²) in [6.07, 6.45) is 6.85. The highest BCUT2D eigenvalue weighted by Gasteiger charge is 2.16. The molecule has 17 heavy (non-hydrogen) atoms. The first-order chi connectivity index (χ1) is 8.08. The molecule has 96 valence electrons. The molecule has 1 aromatic rings. The van der Waals surface area contributed by atoms with Crippen molar-refractivity contribution in [2.24, 2.45) is 0 Å². The second-order valence-electron chi connectivity index (χ2n) is 3.87. The van der Waals surface area contributed by atoms with E-state index >= 15 is 0 Å². The minimum absolute atomic E-state index is 0.0514. The molecular formula is C11H19N3O2S. The maximum absolute atomic E-state index is 11.9. The molecule has 0 aliphatic heterocycles. The molecule has 0 aliphatic carbocycles. The number of aromatic nitrogens is 1. The number of unbranched alkanes of at least 4 members (excludes halogenated alkanes) is 3. The zero-order chi connectivity index (χ0) is 12.7. The van der Waals surface area contributed by atoms with E-state index in [0.29, 0.717) is 6.54 Å². The van der Waals surface area contributed by atoms with Crippen LogP contribution in [0.2, 0.25) is 0 Å². The Morgan fingerprint density at radius 1 is 1.35 bits per heavy atom. The van der Waals surface area contributed by atoms with Gasteiger partial charge in [0.1, 0.15) is 4.90 Å². The monoisotopic (exact) mass is 257 g/mol. The standard InChI is InChI=1S/C11H19N3O2S/c1-2-3-4-5-7-14-17(15,16)11-9-13-8-6-10(11)12/h6,8-9,14H,2-5,7H2,1H3,(H2,12,13). The molecule has 0 saturated carbocycles. The van der Waals surface area contributed by atoms with Gasteiger partial charge >= 0.3 is 0 Å². The van der Waals surface area contributed by atoms with Crippen molar-refractivity contribution in [3.05, 3.63) is 18.5 Å². The van der Waals surface area contributed by atoms with Crippen molar-refractivity contribution in [1.29, 1.82) is 0 Å². The van der Waals surface area contributed by atoms with Gasteiger partial charge in [0.2, 0.25) is 10.0 Å². The zero-order valence-electron chi connectivity index (χ0n) is 10.0. The summed E-state index contributed by atoms with van der Waals surface area (Å²) in [4.78, 5) is 3.82. The number of nitrogens with one attached hydrogen (secondary N) is 1. The van der Waals surface area contributed by atoms with Crippen LogP contribution in [0, 0.1) is 0 Å². The average Bonchev–Trinajstić information content (AvgIpc) is 2.29. The second kappa shape index (κ2) is 6.56. The lowest BCUT2D eigenvalue weighted by atomic mass is 10.2. The molecule has 5 nitrogen and oxygen atoms in total. The molecule has 0 aromatic carbocycles. The van der Waals surface area contributed by atoms with Crippen LogP contribution in [0.4, 0.5) is 5.69 Å². The topological polar surface area (TPSA) is 85.1 Å². The number of anilines is 1. The molecule has 0 atom stereocenters. The van der Waals surface area contributed by atoms with Gasteiger partial charge in [-0.1, -0.05) is 26.2 Å². The fourth-order valence-electron chi connectivity index (χ4n) is 1.45. The third-order valence-corrected chi connectivity index (χ3v) is 3.93. The number of nitrogens with two attached hydrogens (primary N) is 1. The number of nitrogen functional groups attached to an aromatic ring is 1. The van der Waals surface area contributed by atoms with E-state index in [1.807, 2.05) is 0 Å². The highest BCUT2D eigenvalue weighted by molar-refractivity contribution is 7.89. The van der Waals surface area contributed by atoms with E-state index in [1.165, 1.54) is 18.5 Å². The predicted molar refractivity (Wildman–Crippen MR) is 68.0 cm³/mol. The minimum atomic E-state index is -3.52. The molecule has 1 rings (SSSR count). The van der Waals surface area contributed by atoms with E-state index in [1.54, 1.807) is 0 Å². The largest absolute Gasteiger partial charge is 0.398 e. The van der Waals surface area contributed by atoms with Crippen molar-refractivity contribution >= 4 is 15.7 Å². The number of sulfonamides is 1. The Hall–Kier alpha value is -1.14. The highest BCUT2D eigenvalue weighted by atomic mass is 32.2. The zero-order valence-corrected chi connectivity index (χ0v) is 10.8. The lowest BCUT2D eigenvalue weighted by Gasteiger charge is -2.07. The molecular weight excluding hydrogens is 238 g/mol. The first kappa shape index (κ1) is 13.9. The molecule has 1 aromatic heterocycles. The maximum atomic E-state index is 11.9. The van der Waals surface area contributed by atoms with E-state index in [0.717, 1.165) is 25.7 Å². The fourth-order valence-corrected chi connectivity index (χ4v) is 2.60. The summed E-state index contributed by atoms with van der Waals surface area (Å²) >= 11 is 0. The summed E-state index contributed by atoms with van der Waals surface area (Å²) in [6.45, 7) is 2.55. The molecule has 0 unspecified atom stereocenters. The third kappa shape index (κ3) is 4.32. The molecule has 0 aliphatic rings. The van der Waals surface area contributed by atoms with E-state index in [2.05, 4.69) is 16.6 Å². The van der Waals surface area contributed by atoms with Crippen molar-refractivity contribution < 1.29 is 8.42 Å². The SMILES string of the molecule is CCCCCCNS(=O)(=O)c1cnccc1N. The summed E-state index contributed by atoms with van der Waals surface area (Å²) in [5.74, 6) is 0. The van der Waals surface area contributed by atoms with Gasteiger partial charge in [0.25, 0.3) is 0 Å². The van der Waals surface area contributed by atoms with Crippen LogP contribution >= 0.6 is 0 Å². The van der Waals surface area contributed by atoms with E-state index < -0.39 is 10.0 Å². The van der Waals surface area contributed by atoms with E-state index in [-0.39, 0.29) is 10.6 Å². The first-order valence-corrected chi connectivity index (χ1v) is 7.25. The summed E-state index contributed by atoms with van der Waals surface area (Å²) < 4.78 is 26.2. The van der Waals surface area contributed by atoms with Gasteiger partial charge in [-0.2, -0.15) is 0 Å². The van der Waals surface area contributed by atoms with Gasteiger partial charge in [-0.15, -0.1) is 0 Å². The molecule has 0 saturated heterocycles. The smallest absolute Gasteiger partial charge is 0.244 e. The van der Waals surface area contributed by atoms with Crippen LogP contribution in [0.1, 0.15) is 32.6 Å². The van der Waals surface area contributed by atoms with Crippen molar-refractivity contribution in [3.8, 4) is 0 Å². The van der Waals surface area contributed by atoms with Crippen LogP contribution in [-0.4, -0.2) is 19.9 Å². The Morgan fingerprint density at radius 3 is 2.76 bits per heavy atom. The van der Waals surface area contributed by atoms with Gasteiger partial charge in [0.15, 0.2) is 0 Å². The minimum Gasteiger partial charge on any atom is -0.398 e. The Morgan fingerprint density at radius 2 is 2.12 bits per heavy atom. The second-order valence-corrected chi connectivity index (χ2v) is 5.61. The van der Waals surface area contributed by atoms with Crippen LogP contribution in [0.5, 0.6) is 0 Å². The Balaban J connectivity index is 2.55. The summed E-state index contributed by atoms with van der Waals surface area (Å²) in [5, 5.41) is 0. The van der Waals surface area contributed by atoms with Crippen LogP contribution in [-0.2, 0) is 10.0 Å². The first-order valence-electron chi connectivity index (χ1n) is 5.77. The third-order valence-electron chi connectivity index (χ3n) is 2.43. The molecule has 6 heteroatoms. The van der Waals surface area contributed by atoms with Crippen LogP contribution in [0.25, 0.3) is 0 Å². The van der Waals surface area contributed by atoms with E-state index in [4.69, 9.17) is 5.73 Å². The number of rotatable bonds is 7. The van der Waals surface area contributed by atoms with E-state index in [9.17, 15) is 8.42 Å². The van der Waals surface area contributed by atoms with Gasteiger partial charge < -0.3 is 5.73 Å². The number of pyridine rings is 1. The summed E-state index contributed by atoms with van der Waals surface area (Å²) in [6, 6.07) is 1.48. The normalized spacial score (nSPS) is 11.6. The molecule has 0 amide bonds. The van der Waals surface area contributed by atoms with Gasteiger partial charge in [-0.05, 0) is 12.5 Å². The van der Waals surface area contributed by atoms with Gasteiger partial charge in [0.05, 0.1) is 5.69 Å². The summed E-state index contributed by atoms with van der Waals surface area (Å²) in [5.41, 5.74) is 5.82. The average molecular weight is 257 g/mol. The highest BCUT2D eigenvalue weighted by Crippen LogP contribution is 2.15. The van der Waals surface area contributed by atoms with Crippen LogP contribution in [0.3, 0.4) is 0 Å². The van der Waals surface area contributed by atoms with Crippen molar-refractivity contribution in [2.45, 2.75) is 37.5 Å². The predicted octanol–water partition coefficient (Wildman–Crippen LogP) is 1.52. The lowest BCUT2D eigenvalue weighted by molar-refractivity contribution is 0.573. The quantitative estimate of drug-likeness (QED) is 0.725. The molecule has 1 heterocycles. The number of nitrogens with zero attached hydrogens (tertiary/aromatic N) is 1. The molecule has 0 bridgehead atoms. The van der Waals surface area contributed by atoms with Crippen molar-refractivity contribution in [2.75, 3.05) is 12.3 Å². The lowest BCUT2D eigenvalue weighted by Crippen LogP contribution is -2.25. The molecule has 0 fully saturated rings.